The molecular formula is C20H26ClFN2O2S. The maximum atomic E-state index is 13.3. The van der Waals surface area contributed by atoms with Crippen molar-refractivity contribution in [2.24, 2.45) is 0 Å². The smallest absolute Gasteiger partial charge is 0.240 e. The monoisotopic (exact) mass is 412 g/mol. The lowest BCUT2D eigenvalue weighted by Crippen LogP contribution is -2.32. The zero-order valence-corrected chi connectivity index (χ0v) is 17.1. The van der Waals surface area contributed by atoms with Gasteiger partial charge in [-0.3, -0.25) is 4.90 Å². The van der Waals surface area contributed by atoms with Crippen molar-refractivity contribution in [3.63, 3.8) is 0 Å². The van der Waals surface area contributed by atoms with Crippen LogP contribution in [-0.2, 0) is 23.0 Å². The largest absolute Gasteiger partial charge is 0.299 e. The second kappa shape index (κ2) is 9.64. The van der Waals surface area contributed by atoms with E-state index in [2.05, 4.69) is 33.9 Å². The lowest BCUT2D eigenvalue weighted by molar-refractivity contribution is 0.249. The normalized spacial score (nSPS) is 14.4. The highest BCUT2D eigenvalue weighted by molar-refractivity contribution is 7.89. The van der Waals surface area contributed by atoms with Gasteiger partial charge in [0.1, 0.15) is 5.82 Å². The van der Waals surface area contributed by atoms with Crippen molar-refractivity contribution in [3.05, 3.63) is 65.0 Å². The van der Waals surface area contributed by atoms with Gasteiger partial charge in [0.15, 0.2) is 0 Å². The number of rotatable bonds is 7. The van der Waals surface area contributed by atoms with E-state index in [4.69, 9.17) is 0 Å². The molecule has 0 unspecified atom stereocenters. The Balaban J connectivity index is 0.00000261. The molecule has 2 aromatic carbocycles. The van der Waals surface area contributed by atoms with E-state index >= 15 is 0 Å². The van der Waals surface area contributed by atoms with E-state index in [1.165, 1.54) is 29.3 Å². The number of fused-ring (bicyclic) bond motifs is 1. The Morgan fingerprint density at radius 1 is 1.11 bits per heavy atom. The number of aryl methyl sites for hydroxylation is 1. The molecule has 0 saturated heterocycles. The first-order valence-electron chi connectivity index (χ1n) is 9.01. The van der Waals surface area contributed by atoms with Gasteiger partial charge in [0, 0.05) is 19.6 Å². The maximum absolute atomic E-state index is 13.3. The van der Waals surface area contributed by atoms with E-state index in [9.17, 15) is 12.8 Å². The summed E-state index contributed by atoms with van der Waals surface area (Å²) in [5.74, 6) is -0.396. The van der Waals surface area contributed by atoms with Gasteiger partial charge in [-0.1, -0.05) is 24.3 Å². The lowest BCUT2D eigenvalue weighted by Gasteiger charge is -2.28. The van der Waals surface area contributed by atoms with Gasteiger partial charge in [0.05, 0.1) is 4.90 Å². The molecule has 2 aromatic rings. The summed E-state index contributed by atoms with van der Waals surface area (Å²) >= 11 is 0. The maximum Gasteiger partial charge on any atom is 0.240 e. The van der Waals surface area contributed by atoms with Crippen molar-refractivity contribution in [1.29, 1.82) is 0 Å². The molecule has 4 nitrogen and oxygen atoms in total. The van der Waals surface area contributed by atoms with Crippen LogP contribution < -0.4 is 4.72 Å². The molecule has 1 heterocycles. The van der Waals surface area contributed by atoms with Crippen molar-refractivity contribution in [1.82, 2.24) is 9.62 Å². The number of benzene rings is 2. The van der Waals surface area contributed by atoms with E-state index in [1.54, 1.807) is 6.92 Å². The fraction of sp³-hybridized carbons (Fsp3) is 0.400. The van der Waals surface area contributed by atoms with Gasteiger partial charge in [-0.05, 0) is 67.6 Å². The molecule has 3 rings (SSSR count). The fourth-order valence-electron chi connectivity index (χ4n) is 3.28. The first kappa shape index (κ1) is 21.8. The van der Waals surface area contributed by atoms with Crippen LogP contribution in [0.1, 0.15) is 29.5 Å². The molecule has 7 heteroatoms. The summed E-state index contributed by atoms with van der Waals surface area (Å²) in [5.41, 5.74) is 3.16. The van der Waals surface area contributed by atoms with Crippen molar-refractivity contribution < 1.29 is 12.8 Å². The zero-order valence-electron chi connectivity index (χ0n) is 15.4. The Labute approximate surface area is 167 Å². The van der Waals surface area contributed by atoms with Crippen molar-refractivity contribution in [2.75, 3.05) is 19.6 Å². The Hall–Kier alpha value is -1.47. The predicted octanol–water partition coefficient (Wildman–Crippen LogP) is 3.67. The summed E-state index contributed by atoms with van der Waals surface area (Å²) in [6, 6.07) is 12.4. The Bertz CT molecular complexity index is 874. The SMILES string of the molecule is Cc1cc(S(=O)(=O)NCCCCN2CCc3ccccc3C2)ccc1F.Cl. The third-order valence-corrected chi connectivity index (χ3v) is 6.30. The van der Waals surface area contributed by atoms with Crippen molar-refractivity contribution in [3.8, 4) is 0 Å². The standard InChI is InChI=1S/C20H25FN2O2S.ClH/c1-16-14-19(8-9-20(16)21)26(24,25)22-11-4-5-12-23-13-10-17-6-2-3-7-18(17)15-23;/h2-3,6-9,14,22H,4-5,10-13,15H2,1H3;1H. The number of hydrogen-bond acceptors (Lipinski definition) is 3. The molecule has 148 valence electrons. The molecular weight excluding hydrogens is 387 g/mol. The zero-order chi connectivity index (χ0) is 18.6. The van der Waals surface area contributed by atoms with Gasteiger partial charge in [-0.2, -0.15) is 0 Å². The summed E-state index contributed by atoms with van der Waals surface area (Å²) in [4.78, 5) is 2.53. The second-order valence-corrected chi connectivity index (χ2v) is 8.58. The molecule has 1 aliphatic rings. The molecule has 0 spiro atoms. The average Bonchev–Trinajstić information content (AvgIpc) is 2.63. The van der Waals surface area contributed by atoms with Crippen LogP contribution in [0.2, 0.25) is 0 Å². The first-order valence-corrected chi connectivity index (χ1v) is 10.5. The summed E-state index contributed by atoms with van der Waals surface area (Å²) in [6.45, 7) is 4.94. The van der Waals surface area contributed by atoms with Crippen molar-refractivity contribution >= 4 is 22.4 Å². The summed E-state index contributed by atoms with van der Waals surface area (Å²) < 4.78 is 40.4. The van der Waals surface area contributed by atoms with Crippen LogP contribution >= 0.6 is 12.4 Å². The Morgan fingerprint density at radius 2 is 1.85 bits per heavy atom. The third-order valence-electron chi connectivity index (χ3n) is 4.84. The average molecular weight is 413 g/mol. The minimum absolute atomic E-state index is 0. The van der Waals surface area contributed by atoms with Gasteiger partial charge in [0.25, 0.3) is 0 Å². The van der Waals surface area contributed by atoms with Crippen LogP contribution in [0.4, 0.5) is 4.39 Å². The van der Waals surface area contributed by atoms with E-state index in [-0.39, 0.29) is 17.3 Å². The molecule has 1 N–H and O–H groups in total. The van der Waals surface area contributed by atoms with E-state index < -0.39 is 15.8 Å². The predicted molar refractivity (Wildman–Crippen MR) is 108 cm³/mol. The molecule has 0 fully saturated rings. The Kier molecular flexibility index (Phi) is 7.79. The fourth-order valence-corrected chi connectivity index (χ4v) is 4.44. The van der Waals surface area contributed by atoms with E-state index in [0.717, 1.165) is 38.9 Å². The highest BCUT2D eigenvalue weighted by Crippen LogP contribution is 2.18. The van der Waals surface area contributed by atoms with Gasteiger partial charge >= 0.3 is 0 Å². The van der Waals surface area contributed by atoms with Crippen LogP contribution in [0.5, 0.6) is 0 Å². The summed E-state index contributed by atoms with van der Waals surface area (Å²) in [7, 11) is -3.58. The lowest BCUT2D eigenvalue weighted by atomic mass is 10.00. The molecule has 0 radical (unpaired) electrons. The highest BCUT2D eigenvalue weighted by Gasteiger charge is 2.16. The third kappa shape index (κ3) is 5.75. The van der Waals surface area contributed by atoms with Crippen LogP contribution in [0.15, 0.2) is 47.4 Å². The molecule has 0 aromatic heterocycles. The second-order valence-electron chi connectivity index (χ2n) is 6.81. The van der Waals surface area contributed by atoms with Crippen LogP contribution in [-0.4, -0.2) is 33.0 Å². The van der Waals surface area contributed by atoms with Crippen LogP contribution in [0.25, 0.3) is 0 Å². The number of sulfonamides is 1. The first-order chi connectivity index (χ1) is 12.5. The molecule has 0 bridgehead atoms. The van der Waals surface area contributed by atoms with E-state index in [1.807, 2.05) is 0 Å². The van der Waals surface area contributed by atoms with Gasteiger partial charge in [-0.15, -0.1) is 12.4 Å². The molecule has 0 amide bonds. The van der Waals surface area contributed by atoms with E-state index in [0.29, 0.717) is 12.1 Å². The topological polar surface area (TPSA) is 49.4 Å². The molecule has 27 heavy (non-hydrogen) atoms. The van der Waals surface area contributed by atoms with Crippen LogP contribution in [0.3, 0.4) is 0 Å². The molecule has 1 aliphatic heterocycles. The van der Waals surface area contributed by atoms with Gasteiger partial charge in [-0.25, -0.2) is 17.5 Å². The molecule has 0 saturated carbocycles. The van der Waals surface area contributed by atoms with Gasteiger partial charge in [0.2, 0.25) is 10.0 Å². The molecule has 0 aliphatic carbocycles. The minimum atomic E-state index is -3.58. The number of nitrogens with zero attached hydrogens (tertiary/aromatic N) is 1. The summed E-state index contributed by atoms with van der Waals surface area (Å²) in [6.07, 6.45) is 2.79. The molecule has 0 atom stereocenters. The number of nitrogens with one attached hydrogen (secondary N) is 1. The minimum Gasteiger partial charge on any atom is -0.299 e. The number of hydrogen-bond donors (Lipinski definition) is 1. The number of halogens is 2. The van der Waals surface area contributed by atoms with Crippen molar-refractivity contribution in [2.45, 2.75) is 37.6 Å². The Morgan fingerprint density at radius 3 is 2.59 bits per heavy atom. The highest BCUT2D eigenvalue weighted by atomic mass is 35.5. The van der Waals surface area contributed by atoms with Crippen LogP contribution in [0, 0.1) is 12.7 Å². The summed E-state index contributed by atoms with van der Waals surface area (Å²) in [5, 5.41) is 0. The quantitative estimate of drug-likeness (QED) is 0.706. The number of unbranched alkanes of at least 4 members (excludes halogenated alkanes) is 1. The van der Waals surface area contributed by atoms with Gasteiger partial charge < -0.3 is 0 Å².